The third-order valence-corrected chi connectivity index (χ3v) is 7.80. The van der Waals surface area contributed by atoms with Crippen molar-refractivity contribution < 1.29 is 26.7 Å². The quantitative estimate of drug-likeness (QED) is 0.293. The molecule has 0 saturated heterocycles. The normalized spacial score (nSPS) is 14.0. The van der Waals surface area contributed by atoms with Crippen LogP contribution in [0.25, 0.3) is 11.5 Å². The SMILES string of the molecule is COc1cccc(-c2nnc(NS(=O)(=O)[C@@H](C)[C@H](OC)c3ncc(Cl)cn3)n2[C@@H](C)c2cc(F)cc(F)c2)n1. The van der Waals surface area contributed by atoms with Crippen molar-refractivity contribution in [2.24, 2.45) is 0 Å². The number of benzene rings is 1. The molecule has 0 bridgehead atoms. The Balaban J connectivity index is 1.78. The van der Waals surface area contributed by atoms with Crippen LogP contribution in [-0.4, -0.2) is 57.6 Å². The van der Waals surface area contributed by atoms with Crippen LogP contribution in [0.2, 0.25) is 5.02 Å². The number of hydrogen-bond acceptors (Lipinski definition) is 9. The lowest BCUT2D eigenvalue weighted by atomic mass is 10.1. The maximum atomic E-state index is 14.1. The van der Waals surface area contributed by atoms with E-state index in [0.717, 1.165) is 18.2 Å². The van der Waals surface area contributed by atoms with Gasteiger partial charge in [0, 0.05) is 31.6 Å². The molecule has 3 atom stereocenters. The molecule has 11 nitrogen and oxygen atoms in total. The lowest BCUT2D eigenvalue weighted by Crippen LogP contribution is -2.33. The fourth-order valence-corrected chi connectivity index (χ4v) is 5.12. The molecule has 0 unspecified atom stereocenters. The van der Waals surface area contributed by atoms with Gasteiger partial charge < -0.3 is 9.47 Å². The highest BCUT2D eigenvalue weighted by atomic mass is 35.5. The molecule has 0 aliphatic rings. The molecule has 3 heterocycles. The van der Waals surface area contributed by atoms with Crippen molar-refractivity contribution in [3.8, 4) is 17.4 Å². The monoisotopic (exact) mass is 579 g/mol. The van der Waals surface area contributed by atoms with E-state index in [2.05, 4.69) is 29.9 Å². The van der Waals surface area contributed by atoms with Crippen LogP contribution in [-0.2, 0) is 14.8 Å². The zero-order chi connectivity index (χ0) is 28.3. The van der Waals surface area contributed by atoms with Crippen LogP contribution in [0, 0.1) is 11.6 Å². The number of halogens is 3. The van der Waals surface area contributed by atoms with Crippen molar-refractivity contribution in [3.05, 3.63) is 76.8 Å². The Morgan fingerprint density at radius 1 is 1.03 bits per heavy atom. The van der Waals surface area contributed by atoms with E-state index < -0.39 is 39.1 Å². The van der Waals surface area contributed by atoms with Crippen molar-refractivity contribution >= 4 is 27.6 Å². The minimum atomic E-state index is -4.22. The summed E-state index contributed by atoms with van der Waals surface area (Å²) in [5, 5.41) is 7.24. The van der Waals surface area contributed by atoms with E-state index in [1.54, 1.807) is 25.1 Å². The van der Waals surface area contributed by atoms with Gasteiger partial charge in [-0.15, -0.1) is 10.2 Å². The van der Waals surface area contributed by atoms with E-state index in [1.165, 1.54) is 38.1 Å². The predicted molar refractivity (Wildman–Crippen MR) is 139 cm³/mol. The van der Waals surface area contributed by atoms with Crippen molar-refractivity contribution in [2.75, 3.05) is 18.9 Å². The summed E-state index contributed by atoms with van der Waals surface area (Å²) in [7, 11) is -1.46. The maximum Gasteiger partial charge on any atom is 0.240 e. The second-order valence-corrected chi connectivity index (χ2v) is 10.9. The first-order valence-electron chi connectivity index (χ1n) is 11.5. The number of sulfonamides is 1. The summed E-state index contributed by atoms with van der Waals surface area (Å²) in [6.07, 6.45) is 1.59. The summed E-state index contributed by atoms with van der Waals surface area (Å²) in [5.74, 6) is -1.31. The summed E-state index contributed by atoms with van der Waals surface area (Å²) < 4.78 is 69.6. The van der Waals surface area contributed by atoms with E-state index in [9.17, 15) is 17.2 Å². The number of anilines is 1. The van der Waals surface area contributed by atoms with Crippen molar-refractivity contribution in [1.82, 2.24) is 29.7 Å². The maximum absolute atomic E-state index is 14.1. The van der Waals surface area contributed by atoms with E-state index in [4.69, 9.17) is 21.1 Å². The molecule has 0 aliphatic heterocycles. The Labute approximate surface area is 228 Å². The van der Waals surface area contributed by atoms with Gasteiger partial charge in [-0.05, 0) is 37.6 Å². The van der Waals surface area contributed by atoms with Gasteiger partial charge in [-0.1, -0.05) is 17.7 Å². The largest absolute Gasteiger partial charge is 0.481 e. The van der Waals surface area contributed by atoms with Crippen LogP contribution in [0.1, 0.15) is 37.4 Å². The first kappa shape index (κ1) is 28.3. The van der Waals surface area contributed by atoms with Crippen LogP contribution in [0.4, 0.5) is 14.7 Å². The van der Waals surface area contributed by atoms with Crippen molar-refractivity contribution in [3.63, 3.8) is 0 Å². The summed E-state index contributed by atoms with van der Waals surface area (Å²) >= 11 is 5.85. The first-order chi connectivity index (χ1) is 18.5. The van der Waals surface area contributed by atoms with E-state index in [1.807, 2.05) is 0 Å². The van der Waals surface area contributed by atoms with E-state index in [-0.39, 0.29) is 39.8 Å². The summed E-state index contributed by atoms with van der Waals surface area (Å²) in [6.45, 7) is 3.02. The summed E-state index contributed by atoms with van der Waals surface area (Å²) in [5.41, 5.74) is 0.489. The number of hydrogen-bond donors (Lipinski definition) is 1. The molecule has 0 fully saturated rings. The Kier molecular flexibility index (Phi) is 8.37. The van der Waals surface area contributed by atoms with Crippen LogP contribution in [0.5, 0.6) is 5.88 Å². The third kappa shape index (κ3) is 6.13. The molecule has 39 heavy (non-hydrogen) atoms. The summed E-state index contributed by atoms with van der Waals surface area (Å²) in [6, 6.07) is 7.06. The molecule has 1 N–H and O–H groups in total. The topological polar surface area (TPSA) is 134 Å². The second-order valence-electron chi connectivity index (χ2n) is 8.43. The highest BCUT2D eigenvalue weighted by Crippen LogP contribution is 2.31. The molecule has 0 spiro atoms. The smallest absolute Gasteiger partial charge is 0.240 e. The van der Waals surface area contributed by atoms with Gasteiger partial charge in [0.2, 0.25) is 21.9 Å². The second kappa shape index (κ2) is 11.6. The van der Waals surface area contributed by atoms with Crippen LogP contribution >= 0.6 is 11.6 Å². The average Bonchev–Trinajstić information content (AvgIpc) is 3.31. The highest BCUT2D eigenvalue weighted by molar-refractivity contribution is 7.93. The van der Waals surface area contributed by atoms with Crippen LogP contribution < -0.4 is 9.46 Å². The minimum Gasteiger partial charge on any atom is -0.481 e. The Bertz CT molecular complexity index is 1550. The van der Waals surface area contributed by atoms with Gasteiger partial charge in [0.15, 0.2) is 11.6 Å². The predicted octanol–water partition coefficient (Wildman–Crippen LogP) is 4.20. The number of rotatable bonds is 10. The Hall–Kier alpha value is -3.75. The molecule has 4 aromatic rings. The molecule has 4 rings (SSSR count). The zero-order valence-electron chi connectivity index (χ0n) is 21.2. The summed E-state index contributed by atoms with van der Waals surface area (Å²) in [4.78, 5) is 12.5. The minimum absolute atomic E-state index is 0.103. The number of ether oxygens (including phenoxy) is 2. The van der Waals surface area contributed by atoms with E-state index >= 15 is 0 Å². The van der Waals surface area contributed by atoms with Gasteiger partial charge in [0.05, 0.1) is 18.2 Å². The fraction of sp³-hybridized carbons (Fsp3) is 0.292. The molecule has 1 aromatic carbocycles. The first-order valence-corrected chi connectivity index (χ1v) is 13.4. The molecule has 0 amide bonds. The molecule has 3 aromatic heterocycles. The number of pyridine rings is 1. The Morgan fingerprint density at radius 2 is 1.69 bits per heavy atom. The van der Waals surface area contributed by atoms with Gasteiger partial charge in [0.25, 0.3) is 0 Å². The molecular formula is C24H24ClF2N7O4S. The molecule has 15 heteroatoms. The van der Waals surface area contributed by atoms with Gasteiger partial charge in [-0.3, -0.25) is 9.29 Å². The van der Waals surface area contributed by atoms with Gasteiger partial charge in [-0.25, -0.2) is 32.2 Å². The van der Waals surface area contributed by atoms with Gasteiger partial charge in [-0.2, -0.15) is 0 Å². The fourth-order valence-electron chi connectivity index (χ4n) is 3.88. The standard InChI is InChI=1S/C24H24ClF2N7O4S/c1-13(15-8-17(26)10-18(27)9-15)34-23(19-6-5-7-20(30-19)37-3)31-32-24(34)33-39(35,36)14(2)21(38-4)22-28-11-16(25)12-29-22/h5-14,21H,1-4H3,(H,32,33)/t13-,14-,21-/m0/s1. The number of nitrogens with zero attached hydrogens (tertiary/aromatic N) is 6. The Morgan fingerprint density at radius 3 is 2.31 bits per heavy atom. The van der Waals surface area contributed by atoms with Gasteiger partial charge in [0.1, 0.15) is 28.7 Å². The lowest BCUT2D eigenvalue weighted by Gasteiger charge is -2.23. The molecule has 0 aliphatic carbocycles. The highest BCUT2D eigenvalue weighted by Gasteiger charge is 2.35. The van der Waals surface area contributed by atoms with Crippen molar-refractivity contribution in [1.29, 1.82) is 0 Å². The zero-order valence-corrected chi connectivity index (χ0v) is 22.8. The average molecular weight is 580 g/mol. The van der Waals surface area contributed by atoms with Crippen LogP contribution in [0.3, 0.4) is 0 Å². The molecular weight excluding hydrogens is 556 g/mol. The molecule has 206 valence electrons. The van der Waals surface area contributed by atoms with E-state index in [0.29, 0.717) is 0 Å². The van der Waals surface area contributed by atoms with Crippen LogP contribution in [0.15, 0.2) is 48.8 Å². The number of methoxy groups -OCH3 is 2. The number of nitrogens with one attached hydrogen (secondary N) is 1. The van der Waals surface area contributed by atoms with Crippen molar-refractivity contribution in [2.45, 2.75) is 31.2 Å². The third-order valence-electron chi connectivity index (χ3n) is 5.91. The lowest BCUT2D eigenvalue weighted by molar-refractivity contribution is 0.0950. The molecule has 0 saturated carbocycles. The van der Waals surface area contributed by atoms with Gasteiger partial charge >= 0.3 is 0 Å². The molecule has 0 radical (unpaired) electrons. The number of aromatic nitrogens is 6.